The Hall–Kier alpha value is -2.67. The number of nitrogens with one attached hydrogen (secondary N) is 2. The molecule has 1 aliphatic rings. The molecule has 1 aromatic heterocycles. The first-order valence-electron chi connectivity index (χ1n) is 8.77. The zero-order chi connectivity index (χ0) is 18.2. The number of piperidine rings is 1. The van der Waals surface area contributed by atoms with Crippen molar-refractivity contribution in [2.45, 2.75) is 19.3 Å². The second-order valence-electron chi connectivity index (χ2n) is 5.97. The molecule has 0 spiro atoms. The molecule has 0 unspecified atom stereocenters. The minimum atomic E-state index is 0.417. The first-order chi connectivity index (χ1) is 12.7. The van der Waals surface area contributed by atoms with Gasteiger partial charge in [-0.15, -0.1) is 6.58 Å². The lowest BCUT2D eigenvalue weighted by atomic mass is 10.1. The number of nitrogens with zero attached hydrogens (tertiary/aromatic N) is 3. The van der Waals surface area contributed by atoms with Crippen LogP contribution < -0.4 is 20.3 Å². The van der Waals surface area contributed by atoms with Crippen molar-refractivity contribution in [1.29, 1.82) is 0 Å². The Morgan fingerprint density at radius 1 is 1.19 bits per heavy atom. The summed E-state index contributed by atoms with van der Waals surface area (Å²) in [4.78, 5) is 11.3. The Balaban J connectivity index is 1.83. The number of anilines is 2. The minimum Gasteiger partial charge on any atom is -0.439 e. The zero-order valence-corrected chi connectivity index (χ0v) is 15.5. The highest BCUT2D eigenvalue weighted by atomic mass is 32.1. The summed E-state index contributed by atoms with van der Waals surface area (Å²) in [6.07, 6.45) is 5.33. The fourth-order valence-corrected chi connectivity index (χ4v) is 2.90. The van der Waals surface area contributed by atoms with Gasteiger partial charge in [-0.2, -0.15) is 9.97 Å². The average Bonchev–Trinajstić information content (AvgIpc) is 2.67. The number of ether oxygens (including phenoxy) is 1. The van der Waals surface area contributed by atoms with E-state index in [1.54, 1.807) is 6.08 Å². The van der Waals surface area contributed by atoms with Crippen LogP contribution in [0, 0.1) is 0 Å². The predicted octanol–water partition coefficient (Wildman–Crippen LogP) is 3.73. The highest BCUT2D eigenvalue weighted by Crippen LogP contribution is 2.26. The van der Waals surface area contributed by atoms with Crippen LogP contribution >= 0.6 is 12.2 Å². The fraction of sp³-hybridized carbons (Fsp3) is 0.316. The van der Waals surface area contributed by atoms with Crippen LogP contribution in [0.2, 0.25) is 0 Å². The number of benzene rings is 1. The number of thiocarbonyl (C=S) groups is 1. The van der Waals surface area contributed by atoms with Crippen LogP contribution in [0.3, 0.4) is 0 Å². The van der Waals surface area contributed by atoms with Gasteiger partial charge >= 0.3 is 0 Å². The number of hydrogen-bond acceptors (Lipinski definition) is 5. The Morgan fingerprint density at radius 2 is 1.96 bits per heavy atom. The van der Waals surface area contributed by atoms with Gasteiger partial charge in [-0.1, -0.05) is 24.3 Å². The van der Waals surface area contributed by atoms with Crippen LogP contribution in [0.15, 0.2) is 49.1 Å². The van der Waals surface area contributed by atoms with Gasteiger partial charge in [0.15, 0.2) is 5.11 Å². The molecule has 136 valence electrons. The van der Waals surface area contributed by atoms with Gasteiger partial charge in [0.1, 0.15) is 11.6 Å². The summed E-state index contributed by atoms with van der Waals surface area (Å²) in [6.45, 7) is 6.22. The van der Waals surface area contributed by atoms with E-state index < -0.39 is 0 Å². The fourth-order valence-electron chi connectivity index (χ4n) is 2.73. The highest BCUT2D eigenvalue weighted by molar-refractivity contribution is 7.80. The van der Waals surface area contributed by atoms with Crippen molar-refractivity contribution in [3.05, 3.63) is 49.1 Å². The summed E-state index contributed by atoms with van der Waals surface area (Å²) in [5.41, 5.74) is 0. The molecule has 0 amide bonds. The molecule has 6 nitrogen and oxygen atoms in total. The Bertz CT molecular complexity index is 747. The molecule has 1 aromatic carbocycles. The van der Waals surface area contributed by atoms with Crippen molar-refractivity contribution in [1.82, 2.24) is 15.3 Å². The van der Waals surface area contributed by atoms with Gasteiger partial charge in [-0.05, 0) is 43.6 Å². The summed E-state index contributed by atoms with van der Waals surface area (Å²) in [5, 5.41) is 6.49. The molecule has 2 N–H and O–H groups in total. The number of hydrogen-bond donors (Lipinski definition) is 2. The van der Waals surface area contributed by atoms with E-state index in [2.05, 4.69) is 32.1 Å². The lowest BCUT2D eigenvalue weighted by Gasteiger charge is -2.28. The molecule has 7 heteroatoms. The van der Waals surface area contributed by atoms with Crippen LogP contribution in [-0.4, -0.2) is 34.7 Å². The molecule has 3 rings (SSSR count). The molecule has 0 saturated carbocycles. The summed E-state index contributed by atoms with van der Waals surface area (Å²) < 4.78 is 5.92. The molecule has 0 bridgehead atoms. The SMILES string of the molecule is C=CCNC(=S)Nc1nc(Oc2ccccc2)cc(N2CCCCC2)n1. The van der Waals surface area contributed by atoms with Crippen molar-refractivity contribution in [2.75, 3.05) is 29.9 Å². The third kappa shape index (κ3) is 5.16. The van der Waals surface area contributed by atoms with E-state index >= 15 is 0 Å². The molecule has 1 aliphatic heterocycles. The number of rotatable bonds is 6. The summed E-state index contributed by atoms with van der Waals surface area (Å²) >= 11 is 5.27. The monoisotopic (exact) mass is 369 g/mol. The molecule has 2 aromatic rings. The highest BCUT2D eigenvalue weighted by Gasteiger charge is 2.16. The number of para-hydroxylation sites is 1. The first-order valence-corrected chi connectivity index (χ1v) is 9.18. The summed E-state index contributed by atoms with van der Waals surface area (Å²) in [6, 6.07) is 11.5. The smallest absolute Gasteiger partial charge is 0.234 e. The van der Waals surface area contributed by atoms with Crippen molar-refractivity contribution < 1.29 is 4.74 Å². The minimum absolute atomic E-state index is 0.417. The molecule has 0 radical (unpaired) electrons. The maximum atomic E-state index is 5.92. The molecular weight excluding hydrogens is 346 g/mol. The maximum absolute atomic E-state index is 5.92. The van der Waals surface area contributed by atoms with E-state index in [0.717, 1.165) is 24.7 Å². The second-order valence-corrected chi connectivity index (χ2v) is 6.38. The Kier molecular flexibility index (Phi) is 6.38. The van der Waals surface area contributed by atoms with Crippen LogP contribution in [0.25, 0.3) is 0 Å². The molecule has 26 heavy (non-hydrogen) atoms. The van der Waals surface area contributed by atoms with Crippen LogP contribution in [-0.2, 0) is 0 Å². The normalized spacial score (nSPS) is 13.8. The maximum Gasteiger partial charge on any atom is 0.234 e. The van der Waals surface area contributed by atoms with Gasteiger partial charge in [0.05, 0.1) is 0 Å². The molecule has 0 atom stereocenters. The van der Waals surface area contributed by atoms with Crippen molar-refractivity contribution in [3.8, 4) is 11.6 Å². The second kappa shape index (κ2) is 9.15. The largest absolute Gasteiger partial charge is 0.439 e. The van der Waals surface area contributed by atoms with Gasteiger partial charge in [0.25, 0.3) is 0 Å². The first kappa shape index (κ1) is 18.1. The van der Waals surface area contributed by atoms with E-state index in [1.165, 1.54) is 19.3 Å². The van der Waals surface area contributed by atoms with Gasteiger partial charge in [-0.3, -0.25) is 0 Å². The summed E-state index contributed by atoms with van der Waals surface area (Å²) in [7, 11) is 0. The van der Waals surface area contributed by atoms with E-state index in [0.29, 0.717) is 23.5 Å². The van der Waals surface area contributed by atoms with Crippen LogP contribution in [0.5, 0.6) is 11.6 Å². The molecule has 1 fully saturated rings. The lowest BCUT2D eigenvalue weighted by Crippen LogP contribution is -2.32. The topological polar surface area (TPSA) is 62.3 Å². The van der Waals surface area contributed by atoms with Gasteiger partial charge in [0.2, 0.25) is 11.8 Å². The summed E-state index contributed by atoms with van der Waals surface area (Å²) in [5.74, 6) is 2.48. The average molecular weight is 369 g/mol. The Morgan fingerprint density at radius 3 is 2.69 bits per heavy atom. The van der Waals surface area contributed by atoms with Crippen LogP contribution in [0.1, 0.15) is 19.3 Å². The molecule has 0 aliphatic carbocycles. The third-order valence-corrected chi connectivity index (χ3v) is 4.21. The molecule has 2 heterocycles. The van der Waals surface area contributed by atoms with E-state index in [9.17, 15) is 0 Å². The van der Waals surface area contributed by atoms with Gasteiger partial charge < -0.3 is 20.3 Å². The molecule has 1 saturated heterocycles. The quantitative estimate of drug-likeness (QED) is 0.594. The molecular formula is C19H23N5OS. The van der Waals surface area contributed by atoms with E-state index in [4.69, 9.17) is 17.0 Å². The zero-order valence-electron chi connectivity index (χ0n) is 14.6. The van der Waals surface area contributed by atoms with Crippen LogP contribution in [0.4, 0.5) is 11.8 Å². The van der Waals surface area contributed by atoms with Crippen molar-refractivity contribution >= 4 is 29.1 Å². The van der Waals surface area contributed by atoms with Crippen molar-refractivity contribution in [2.24, 2.45) is 0 Å². The third-order valence-electron chi connectivity index (χ3n) is 3.97. The van der Waals surface area contributed by atoms with Gasteiger partial charge in [0, 0.05) is 25.7 Å². The van der Waals surface area contributed by atoms with Gasteiger partial charge in [-0.25, -0.2) is 0 Å². The Labute approximate surface area is 159 Å². The standard InChI is InChI=1S/C19H23N5OS/c1-2-11-20-19(26)23-18-21-16(24-12-7-4-8-13-24)14-17(22-18)25-15-9-5-3-6-10-15/h2-3,5-6,9-10,14H,1,4,7-8,11-13H2,(H2,20,21,22,23,26). The number of aromatic nitrogens is 2. The van der Waals surface area contributed by atoms with E-state index in [1.807, 2.05) is 36.4 Å². The van der Waals surface area contributed by atoms with Crippen molar-refractivity contribution in [3.63, 3.8) is 0 Å². The van der Waals surface area contributed by atoms with E-state index in [-0.39, 0.29) is 0 Å². The predicted molar refractivity (Wildman–Crippen MR) is 109 cm³/mol. The lowest BCUT2D eigenvalue weighted by molar-refractivity contribution is 0.461.